The van der Waals surface area contributed by atoms with Gasteiger partial charge in [-0.2, -0.15) is 4.37 Å². The van der Waals surface area contributed by atoms with Gasteiger partial charge in [0.1, 0.15) is 22.9 Å². The number of rotatable bonds is 8. The Balaban J connectivity index is 1.38. The zero-order valence-electron chi connectivity index (χ0n) is 16.9. The Labute approximate surface area is 216 Å². The van der Waals surface area contributed by atoms with Crippen LogP contribution < -0.4 is 5.32 Å². The molecular weight excluding hydrogens is 547 g/mol. The number of hydrogen-bond acceptors (Lipinski definition) is 9. The third-order valence-corrected chi connectivity index (χ3v) is 9.78. The number of aliphatic carboxylic acids is 1. The van der Waals surface area contributed by atoms with Crippen LogP contribution in [0, 0.1) is 6.92 Å². The summed E-state index contributed by atoms with van der Waals surface area (Å²) in [4.78, 5) is 43.4. The van der Waals surface area contributed by atoms with E-state index < -0.39 is 23.3 Å². The van der Waals surface area contributed by atoms with Crippen LogP contribution in [0.5, 0.6) is 0 Å². The third kappa shape index (κ3) is 5.46. The quantitative estimate of drug-likeness (QED) is 0.366. The zero-order valence-corrected chi connectivity index (χ0v) is 21.7. The molecule has 0 aliphatic carbocycles. The molecule has 1 saturated heterocycles. The molecule has 33 heavy (non-hydrogen) atoms. The van der Waals surface area contributed by atoms with E-state index in [0.29, 0.717) is 37.8 Å². The number of carbonyl (C=O) groups excluding carboxylic acids is 2. The Morgan fingerprint density at radius 3 is 2.82 bits per heavy atom. The molecule has 2 atom stereocenters. The van der Waals surface area contributed by atoms with E-state index in [1.165, 1.54) is 51.7 Å². The van der Waals surface area contributed by atoms with Crippen LogP contribution >= 0.6 is 70.0 Å². The van der Waals surface area contributed by atoms with Gasteiger partial charge < -0.3 is 10.4 Å². The number of aryl methyl sites for hydroxylation is 1. The van der Waals surface area contributed by atoms with E-state index in [1.54, 1.807) is 25.1 Å². The number of aromatic nitrogens is 2. The van der Waals surface area contributed by atoms with Gasteiger partial charge in [-0.15, -0.1) is 23.5 Å². The number of fused-ring (bicyclic) bond motifs is 1. The lowest BCUT2D eigenvalue weighted by molar-refractivity contribution is -0.150. The van der Waals surface area contributed by atoms with Crippen molar-refractivity contribution >= 4 is 87.8 Å². The van der Waals surface area contributed by atoms with Crippen LogP contribution in [0.4, 0.5) is 0 Å². The molecule has 0 saturated carbocycles. The van der Waals surface area contributed by atoms with Gasteiger partial charge in [0.2, 0.25) is 5.91 Å². The standard InChI is InChI=1S/C19H16Cl2N4O4S4/c1-8-22-19(33-24-8)32-6-9-5-31-17-14(16(27)25(17)15(9)18(28)29)23-13(26)7-30-12-4-10(20)2-3-11(12)21/h2-4,14,17H,5-7H2,1H3,(H,23,26)(H,28,29)/t14?,17-/m0/s1. The average molecular weight is 564 g/mol. The zero-order chi connectivity index (χ0) is 23.7. The Bertz CT molecular complexity index is 1160. The number of thioether (sulfide) groups is 3. The first-order valence-corrected chi connectivity index (χ1v) is 14.0. The fourth-order valence-electron chi connectivity index (χ4n) is 3.23. The second-order valence-corrected chi connectivity index (χ2v) is 11.9. The smallest absolute Gasteiger partial charge is 0.352 e. The van der Waals surface area contributed by atoms with Crippen molar-refractivity contribution in [2.24, 2.45) is 0 Å². The van der Waals surface area contributed by atoms with Crippen LogP contribution in [0.2, 0.25) is 10.0 Å². The van der Waals surface area contributed by atoms with Crippen molar-refractivity contribution in [3.05, 3.63) is 45.3 Å². The van der Waals surface area contributed by atoms with Gasteiger partial charge in [0.15, 0.2) is 4.34 Å². The lowest BCUT2D eigenvalue weighted by Gasteiger charge is -2.49. The minimum Gasteiger partial charge on any atom is -0.477 e. The van der Waals surface area contributed by atoms with Gasteiger partial charge in [0, 0.05) is 21.4 Å². The molecule has 2 aliphatic heterocycles. The molecular formula is C19H16Cl2N4O4S4. The van der Waals surface area contributed by atoms with E-state index in [-0.39, 0.29) is 17.4 Å². The van der Waals surface area contributed by atoms with Gasteiger partial charge in [-0.25, -0.2) is 9.78 Å². The number of β-lactam (4-membered cyclic amide) rings is 1. The first-order valence-electron chi connectivity index (χ1n) is 9.45. The third-order valence-electron chi connectivity index (χ3n) is 4.70. The highest BCUT2D eigenvalue weighted by molar-refractivity contribution is 8.01. The van der Waals surface area contributed by atoms with Gasteiger partial charge in [-0.3, -0.25) is 14.5 Å². The van der Waals surface area contributed by atoms with Crippen LogP contribution in [0.1, 0.15) is 5.82 Å². The summed E-state index contributed by atoms with van der Waals surface area (Å²) in [5.74, 6) is -0.379. The minimum atomic E-state index is -1.16. The molecule has 2 amide bonds. The summed E-state index contributed by atoms with van der Waals surface area (Å²) >= 11 is 17.4. The SMILES string of the molecule is Cc1nsc(SCC2=C(C(=O)O)N3C(=O)C(NC(=O)CSc4cc(Cl)ccc4Cl)[C@@H]3SC2)n1. The molecule has 8 nitrogen and oxygen atoms in total. The van der Waals surface area contributed by atoms with Crippen LogP contribution in [-0.2, 0) is 14.4 Å². The summed E-state index contributed by atoms with van der Waals surface area (Å²) in [6, 6.07) is 4.21. The van der Waals surface area contributed by atoms with E-state index in [1.807, 2.05) is 0 Å². The number of carbonyl (C=O) groups is 3. The van der Waals surface area contributed by atoms with Crippen molar-refractivity contribution in [2.45, 2.75) is 27.6 Å². The summed E-state index contributed by atoms with van der Waals surface area (Å²) in [7, 11) is 0. The van der Waals surface area contributed by atoms with E-state index in [0.717, 1.165) is 4.34 Å². The average Bonchev–Trinajstić information content (AvgIpc) is 3.20. The molecule has 1 unspecified atom stereocenters. The largest absolute Gasteiger partial charge is 0.477 e. The summed E-state index contributed by atoms with van der Waals surface area (Å²) in [6.45, 7) is 1.79. The second kappa shape index (κ2) is 10.4. The molecule has 3 heterocycles. The fourth-order valence-corrected chi connectivity index (χ4v) is 7.66. The van der Waals surface area contributed by atoms with Crippen LogP contribution in [-0.4, -0.2) is 65.8 Å². The van der Waals surface area contributed by atoms with Crippen molar-refractivity contribution in [1.82, 2.24) is 19.6 Å². The summed E-state index contributed by atoms with van der Waals surface area (Å²) in [5.41, 5.74) is 0.633. The molecule has 4 rings (SSSR count). The lowest BCUT2D eigenvalue weighted by Crippen LogP contribution is -2.70. The Hall–Kier alpha value is -1.44. The summed E-state index contributed by atoms with van der Waals surface area (Å²) in [5, 5.41) is 13.0. The maximum absolute atomic E-state index is 12.8. The first-order chi connectivity index (χ1) is 15.7. The highest BCUT2D eigenvalue weighted by Gasteiger charge is 2.54. The number of carboxylic acid groups (broad SMARTS) is 1. The monoisotopic (exact) mass is 562 g/mol. The number of benzene rings is 1. The minimum absolute atomic E-state index is 0.0110. The number of amides is 2. The van der Waals surface area contributed by atoms with E-state index in [2.05, 4.69) is 14.7 Å². The first kappa shape index (κ1) is 24.7. The van der Waals surface area contributed by atoms with Crippen molar-refractivity contribution in [1.29, 1.82) is 0 Å². The number of nitrogens with one attached hydrogen (secondary N) is 1. The van der Waals surface area contributed by atoms with Gasteiger partial charge in [-0.1, -0.05) is 35.0 Å². The summed E-state index contributed by atoms with van der Waals surface area (Å²) in [6.07, 6.45) is 0. The molecule has 14 heteroatoms. The molecule has 1 aromatic carbocycles. The molecule has 1 aromatic heterocycles. The molecule has 174 valence electrons. The van der Waals surface area contributed by atoms with Gasteiger partial charge in [-0.05, 0) is 42.2 Å². The molecule has 0 bridgehead atoms. The normalized spacial score (nSPS) is 19.8. The number of hydrogen-bond donors (Lipinski definition) is 2. The maximum atomic E-state index is 12.8. The number of nitrogens with zero attached hydrogens (tertiary/aromatic N) is 3. The number of carboxylic acids is 1. The number of halogens is 2. The highest BCUT2D eigenvalue weighted by atomic mass is 35.5. The fraction of sp³-hybridized carbons (Fsp3) is 0.316. The van der Waals surface area contributed by atoms with E-state index >= 15 is 0 Å². The van der Waals surface area contributed by atoms with E-state index in [4.69, 9.17) is 23.2 Å². The molecule has 0 spiro atoms. The van der Waals surface area contributed by atoms with Crippen molar-refractivity contribution in [3.8, 4) is 0 Å². The van der Waals surface area contributed by atoms with Gasteiger partial charge in [0.05, 0.1) is 10.8 Å². The van der Waals surface area contributed by atoms with Crippen LogP contribution in [0.25, 0.3) is 0 Å². The van der Waals surface area contributed by atoms with E-state index in [9.17, 15) is 19.5 Å². The van der Waals surface area contributed by atoms with Gasteiger partial charge >= 0.3 is 5.97 Å². The molecule has 0 radical (unpaired) electrons. The van der Waals surface area contributed by atoms with Crippen molar-refractivity contribution < 1.29 is 19.5 Å². The molecule has 2 aliphatic rings. The molecule has 2 aromatic rings. The molecule has 2 N–H and O–H groups in total. The van der Waals surface area contributed by atoms with Gasteiger partial charge in [0.25, 0.3) is 5.91 Å². The van der Waals surface area contributed by atoms with Crippen molar-refractivity contribution in [3.63, 3.8) is 0 Å². The predicted molar refractivity (Wildman–Crippen MR) is 132 cm³/mol. The van der Waals surface area contributed by atoms with Crippen molar-refractivity contribution in [2.75, 3.05) is 17.3 Å². The Kier molecular flexibility index (Phi) is 7.81. The topological polar surface area (TPSA) is 112 Å². The Morgan fingerprint density at radius 2 is 2.12 bits per heavy atom. The predicted octanol–water partition coefficient (Wildman–Crippen LogP) is 3.78. The van der Waals surface area contributed by atoms with Crippen LogP contribution in [0.15, 0.2) is 38.7 Å². The Morgan fingerprint density at radius 1 is 1.33 bits per heavy atom. The summed E-state index contributed by atoms with van der Waals surface area (Å²) < 4.78 is 4.86. The highest BCUT2D eigenvalue weighted by Crippen LogP contribution is 2.41. The maximum Gasteiger partial charge on any atom is 0.352 e. The second-order valence-electron chi connectivity index (χ2n) is 6.97. The molecule has 1 fully saturated rings. The lowest BCUT2D eigenvalue weighted by atomic mass is 10.0. The van der Waals surface area contributed by atoms with Crippen LogP contribution in [0.3, 0.4) is 0 Å².